The van der Waals surface area contributed by atoms with Crippen LogP contribution in [0.4, 0.5) is 5.82 Å². The molecule has 0 aliphatic heterocycles. The highest BCUT2D eigenvalue weighted by atomic mass is 16.3. The van der Waals surface area contributed by atoms with Crippen LogP contribution in [0.25, 0.3) is 5.65 Å². The van der Waals surface area contributed by atoms with E-state index in [4.69, 9.17) is 0 Å². The summed E-state index contributed by atoms with van der Waals surface area (Å²) in [4.78, 5) is 4.45. The molecule has 0 bridgehead atoms. The molecule has 0 saturated heterocycles. The molecule has 2 aromatic rings. The lowest BCUT2D eigenvalue weighted by Gasteiger charge is -2.29. The van der Waals surface area contributed by atoms with E-state index in [1.807, 2.05) is 18.3 Å². The molecule has 18 heavy (non-hydrogen) atoms. The predicted molar refractivity (Wildman–Crippen MR) is 71.6 cm³/mol. The van der Waals surface area contributed by atoms with Crippen molar-refractivity contribution in [1.29, 1.82) is 0 Å². The molecule has 5 heteroatoms. The van der Waals surface area contributed by atoms with Crippen molar-refractivity contribution in [2.45, 2.75) is 26.7 Å². The van der Waals surface area contributed by atoms with Crippen LogP contribution in [0.3, 0.4) is 0 Å². The molecule has 2 rings (SSSR count). The van der Waals surface area contributed by atoms with Gasteiger partial charge in [-0.2, -0.15) is 5.10 Å². The number of hydrogen-bond acceptors (Lipinski definition) is 4. The fourth-order valence-corrected chi connectivity index (χ4v) is 1.97. The summed E-state index contributed by atoms with van der Waals surface area (Å²) in [5.74, 6) is 0.822. The van der Waals surface area contributed by atoms with Gasteiger partial charge >= 0.3 is 0 Å². The number of nitrogens with one attached hydrogen (secondary N) is 1. The Morgan fingerprint density at radius 1 is 1.33 bits per heavy atom. The van der Waals surface area contributed by atoms with Gasteiger partial charge in [0.2, 0.25) is 0 Å². The van der Waals surface area contributed by atoms with Gasteiger partial charge in [-0.15, -0.1) is 0 Å². The average Bonchev–Trinajstić information content (AvgIpc) is 2.88. The number of anilines is 1. The molecule has 98 valence electrons. The highest BCUT2D eigenvalue weighted by molar-refractivity contribution is 5.45. The lowest BCUT2D eigenvalue weighted by Crippen LogP contribution is -2.32. The lowest BCUT2D eigenvalue weighted by atomic mass is 9.83. The zero-order chi connectivity index (χ0) is 13.0. The minimum atomic E-state index is -0.0615. The number of aliphatic hydroxyl groups excluding tert-OH is 1. The molecule has 0 fully saturated rings. The van der Waals surface area contributed by atoms with Gasteiger partial charge in [0, 0.05) is 24.2 Å². The molecule has 0 spiro atoms. The Bertz CT molecular complexity index is 496. The summed E-state index contributed by atoms with van der Waals surface area (Å²) in [6.07, 6.45) is 5.50. The van der Waals surface area contributed by atoms with Crippen molar-refractivity contribution in [3.8, 4) is 0 Å². The van der Waals surface area contributed by atoms with E-state index in [2.05, 4.69) is 29.2 Å². The van der Waals surface area contributed by atoms with Crippen molar-refractivity contribution >= 4 is 11.5 Å². The summed E-state index contributed by atoms with van der Waals surface area (Å²) >= 11 is 0. The first-order valence-corrected chi connectivity index (χ1v) is 6.38. The summed E-state index contributed by atoms with van der Waals surface area (Å²) in [6, 6.07) is 3.76. The summed E-state index contributed by atoms with van der Waals surface area (Å²) in [5.41, 5.74) is 0.760. The second-order valence-corrected chi connectivity index (χ2v) is 4.67. The van der Waals surface area contributed by atoms with Crippen molar-refractivity contribution in [3.05, 3.63) is 24.5 Å². The molecular weight excluding hydrogens is 228 g/mol. The van der Waals surface area contributed by atoms with E-state index in [-0.39, 0.29) is 12.0 Å². The van der Waals surface area contributed by atoms with Crippen LogP contribution in [0.15, 0.2) is 24.5 Å². The molecule has 0 aliphatic rings. The van der Waals surface area contributed by atoms with Gasteiger partial charge in [0.15, 0.2) is 5.65 Å². The van der Waals surface area contributed by atoms with Crippen molar-refractivity contribution in [2.75, 3.05) is 18.5 Å². The molecule has 2 N–H and O–H groups in total. The number of aromatic nitrogens is 3. The van der Waals surface area contributed by atoms with E-state index in [1.165, 1.54) is 0 Å². The normalized spacial score (nSPS) is 11.9. The minimum Gasteiger partial charge on any atom is -0.396 e. The molecule has 5 nitrogen and oxygen atoms in total. The quantitative estimate of drug-likeness (QED) is 0.820. The largest absolute Gasteiger partial charge is 0.396 e. The maximum absolute atomic E-state index is 9.52. The number of nitrogens with zero attached hydrogens (tertiary/aromatic N) is 3. The Morgan fingerprint density at radius 2 is 2.11 bits per heavy atom. The first-order valence-electron chi connectivity index (χ1n) is 6.38. The Kier molecular flexibility index (Phi) is 3.81. The van der Waals surface area contributed by atoms with Crippen LogP contribution < -0.4 is 5.32 Å². The maximum Gasteiger partial charge on any atom is 0.157 e. The Hall–Kier alpha value is -1.62. The summed E-state index contributed by atoms with van der Waals surface area (Å²) < 4.78 is 1.73. The fraction of sp³-hybridized carbons (Fsp3) is 0.538. The molecule has 2 aromatic heterocycles. The SMILES string of the molecule is CCC(CC)(CO)CNc1ccn2nccc2n1. The number of fused-ring (bicyclic) bond motifs is 1. The van der Waals surface area contributed by atoms with Crippen molar-refractivity contribution in [1.82, 2.24) is 14.6 Å². The van der Waals surface area contributed by atoms with E-state index in [0.717, 1.165) is 30.9 Å². The predicted octanol–water partition coefficient (Wildman–Crippen LogP) is 1.94. The van der Waals surface area contributed by atoms with Gasteiger partial charge in [-0.1, -0.05) is 13.8 Å². The van der Waals surface area contributed by atoms with Crippen molar-refractivity contribution in [3.63, 3.8) is 0 Å². The van der Waals surface area contributed by atoms with E-state index in [1.54, 1.807) is 10.7 Å². The van der Waals surface area contributed by atoms with E-state index in [0.29, 0.717) is 0 Å². The van der Waals surface area contributed by atoms with E-state index >= 15 is 0 Å². The van der Waals surface area contributed by atoms with Gasteiger partial charge in [0.1, 0.15) is 5.82 Å². The van der Waals surface area contributed by atoms with Crippen LogP contribution in [0.1, 0.15) is 26.7 Å². The minimum absolute atomic E-state index is 0.0615. The highest BCUT2D eigenvalue weighted by Gasteiger charge is 2.24. The molecule has 2 heterocycles. The van der Waals surface area contributed by atoms with Gasteiger partial charge in [-0.25, -0.2) is 9.50 Å². The van der Waals surface area contributed by atoms with Gasteiger partial charge in [0.25, 0.3) is 0 Å². The molecule has 0 aromatic carbocycles. The van der Waals surface area contributed by atoms with Crippen LogP contribution in [0.2, 0.25) is 0 Å². The number of aliphatic hydroxyl groups is 1. The second-order valence-electron chi connectivity index (χ2n) is 4.67. The first kappa shape index (κ1) is 12.8. The zero-order valence-electron chi connectivity index (χ0n) is 10.9. The Balaban J connectivity index is 2.09. The fourth-order valence-electron chi connectivity index (χ4n) is 1.97. The molecule has 0 radical (unpaired) electrons. The first-order chi connectivity index (χ1) is 8.73. The number of rotatable bonds is 6. The molecular formula is C13H20N4O. The topological polar surface area (TPSA) is 62.5 Å². The van der Waals surface area contributed by atoms with Gasteiger partial charge in [-0.3, -0.25) is 0 Å². The molecule has 0 saturated carbocycles. The highest BCUT2D eigenvalue weighted by Crippen LogP contribution is 2.25. The zero-order valence-corrected chi connectivity index (χ0v) is 10.9. The Morgan fingerprint density at radius 3 is 2.78 bits per heavy atom. The van der Waals surface area contributed by atoms with Gasteiger partial charge < -0.3 is 10.4 Å². The monoisotopic (exact) mass is 248 g/mol. The third kappa shape index (κ3) is 2.46. The summed E-state index contributed by atoms with van der Waals surface area (Å²) in [6.45, 7) is 5.14. The second kappa shape index (κ2) is 5.35. The molecule has 0 amide bonds. The van der Waals surface area contributed by atoms with Crippen molar-refractivity contribution < 1.29 is 5.11 Å². The van der Waals surface area contributed by atoms with E-state index < -0.39 is 0 Å². The molecule has 0 atom stereocenters. The standard InChI is InChI=1S/C13H20N4O/c1-3-13(4-2,10-18)9-14-11-6-8-17-12(16-11)5-7-15-17/h5-8,18H,3-4,9-10H2,1-2H3,(H,14,16). The van der Waals surface area contributed by atoms with Gasteiger partial charge in [-0.05, 0) is 18.9 Å². The van der Waals surface area contributed by atoms with Crippen LogP contribution in [0.5, 0.6) is 0 Å². The van der Waals surface area contributed by atoms with Crippen LogP contribution in [0, 0.1) is 5.41 Å². The van der Waals surface area contributed by atoms with E-state index in [9.17, 15) is 5.11 Å². The smallest absolute Gasteiger partial charge is 0.157 e. The molecule has 0 aliphatic carbocycles. The molecule has 0 unspecified atom stereocenters. The van der Waals surface area contributed by atoms with Crippen LogP contribution in [-0.4, -0.2) is 32.9 Å². The van der Waals surface area contributed by atoms with Crippen LogP contribution >= 0.6 is 0 Å². The van der Waals surface area contributed by atoms with Crippen LogP contribution in [-0.2, 0) is 0 Å². The third-order valence-corrected chi connectivity index (χ3v) is 3.74. The summed E-state index contributed by atoms with van der Waals surface area (Å²) in [5, 5.41) is 16.9. The number of hydrogen-bond donors (Lipinski definition) is 2. The lowest BCUT2D eigenvalue weighted by molar-refractivity contribution is 0.127. The Labute approximate surface area is 107 Å². The summed E-state index contributed by atoms with van der Waals surface area (Å²) in [7, 11) is 0. The maximum atomic E-state index is 9.52. The van der Waals surface area contributed by atoms with Crippen molar-refractivity contribution in [2.24, 2.45) is 5.41 Å². The third-order valence-electron chi connectivity index (χ3n) is 3.74. The average molecular weight is 248 g/mol. The van der Waals surface area contributed by atoms with Gasteiger partial charge in [0.05, 0.1) is 12.8 Å².